The van der Waals surface area contributed by atoms with E-state index in [4.69, 9.17) is 4.74 Å². The lowest BCUT2D eigenvalue weighted by atomic mass is 9.92. The molecule has 2 N–H and O–H groups in total. The molecule has 0 saturated carbocycles. The third-order valence-corrected chi connectivity index (χ3v) is 6.96. The van der Waals surface area contributed by atoms with Crippen LogP contribution in [0.5, 0.6) is 5.75 Å². The molecule has 0 aromatic heterocycles. The topological polar surface area (TPSA) is 56.8 Å². The van der Waals surface area contributed by atoms with Crippen molar-refractivity contribution in [1.82, 2.24) is 20.7 Å². The summed E-state index contributed by atoms with van der Waals surface area (Å²) in [4.78, 5) is 18.1. The number of hydrogen-bond acceptors (Lipinski definition) is 5. The summed E-state index contributed by atoms with van der Waals surface area (Å²) in [6, 6.07) is 8.54. The zero-order chi connectivity index (χ0) is 22.4. The van der Waals surface area contributed by atoms with Crippen LogP contribution in [0.15, 0.2) is 24.3 Å². The third kappa shape index (κ3) is 6.21. The van der Waals surface area contributed by atoms with Gasteiger partial charge >= 0.3 is 0 Å². The number of benzene rings is 1. The number of piperidine rings is 1. The predicted octanol–water partition coefficient (Wildman–Crippen LogP) is 3.28. The number of nitrogens with one attached hydrogen (secondary N) is 2. The number of nitrogens with zero attached hydrogens (tertiary/aromatic N) is 2. The number of carbonyl (C=O) groups excluding carboxylic acids is 1. The maximum Gasteiger partial charge on any atom is 0.241 e. The van der Waals surface area contributed by atoms with Crippen molar-refractivity contribution in [3.05, 3.63) is 29.8 Å². The third-order valence-electron chi connectivity index (χ3n) is 6.96. The Balaban J connectivity index is 1.55. The van der Waals surface area contributed by atoms with Gasteiger partial charge < -0.3 is 9.64 Å². The van der Waals surface area contributed by atoms with Crippen molar-refractivity contribution < 1.29 is 9.53 Å². The molecule has 1 aromatic rings. The molecular formula is C25H42N4O2. The molecule has 2 fully saturated rings. The summed E-state index contributed by atoms with van der Waals surface area (Å²) in [5.74, 6) is 2.59. The molecule has 3 rings (SSSR count). The highest BCUT2D eigenvalue weighted by molar-refractivity contribution is 5.82. The number of hydrazine groups is 1. The van der Waals surface area contributed by atoms with Gasteiger partial charge in [-0.3, -0.25) is 15.1 Å². The first-order valence-corrected chi connectivity index (χ1v) is 12.1. The Bertz CT molecular complexity index is 703. The molecule has 0 radical (unpaired) electrons. The van der Waals surface area contributed by atoms with Gasteiger partial charge in [-0.1, -0.05) is 45.9 Å². The first-order chi connectivity index (χ1) is 14.9. The van der Waals surface area contributed by atoms with Gasteiger partial charge in [-0.15, -0.1) is 0 Å². The largest absolute Gasteiger partial charge is 0.496 e. The number of amides is 1. The second-order valence-corrected chi connectivity index (χ2v) is 9.81. The minimum atomic E-state index is -0.116. The van der Waals surface area contributed by atoms with Crippen LogP contribution < -0.4 is 15.6 Å². The van der Waals surface area contributed by atoms with E-state index in [1.807, 2.05) is 12.1 Å². The Morgan fingerprint density at radius 1 is 1.23 bits per heavy atom. The molecule has 1 aromatic carbocycles. The molecule has 0 spiro atoms. The average molecular weight is 431 g/mol. The van der Waals surface area contributed by atoms with Crippen molar-refractivity contribution in [2.45, 2.75) is 65.6 Å². The molecule has 174 valence electrons. The second kappa shape index (κ2) is 11.3. The molecule has 1 amide bonds. The van der Waals surface area contributed by atoms with Crippen LogP contribution in [-0.4, -0.2) is 61.1 Å². The smallest absolute Gasteiger partial charge is 0.241 e. The predicted molar refractivity (Wildman–Crippen MR) is 126 cm³/mol. The maximum atomic E-state index is 13.4. The molecule has 2 aliphatic heterocycles. The molecule has 3 atom stereocenters. The number of methoxy groups -OCH3 is 1. The molecule has 2 heterocycles. The van der Waals surface area contributed by atoms with Gasteiger partial charge in [0.2, 0.25) is 5.91 Å². The summed E-state index contributed by atoms with van der Waals surface area (Å²) in [6.45, 7) is 13.6. The van der Waals surface area contributed by atoms with Crippen LogP contribution in [0.4, 0.5) is 0 Å². The highest BCUT2D eigenvalue weighted by atomic mass is 16.5. The normalized spacial score (nSPS) is 25.2. The highest BCUT2D eigenvalue weighted by Crippen LogP contribution is 2.25. The van der Waals surface area contributed by atoms with Gasteiger partial charge in [0.05, 0.1) is 7.11 Å². The number of hydrogen-bond donors (Lipinski definition) is 2. The zero-order valence-corrected chi connectivity index (χ0v) is 20.1. The van der Waals surface area contributed by atoms with Gasteiger partial charge in [0.1, 0.15) is 11.8 Å². The Morgan fingerprint density at radius 3 is 2.55 bits per heavy atom. The molecule has 0 aliphatic carbocycles. The summed E-state index contributed by atoms with van der Waals surface area (Å²) < 4.78 is 5.52. The van der Waals surface area contributed by atoms with Crippen LogP contribution in [-0.2, 0) is 11.3 Å². The summed E-state index contributed by atoms with van der Waals surface area (Å²) >= 11 is 0. The van der Waals surface area contributed by atoms with Crippen LogP contribution in [0.1, 0.15) is 52.5 Å². The average Bonchev–Trinajstić information content (AvgIpc) is 3.14. The number of ether oxygens (including phenoxy) is 1. The van der Waals surface area contributed by atoms with Crippen molar-refractivity contribution in [3.8, 4) is 5.75 Å². The second-order valence-electron chi connectivity index (χ2n) is 9.81. The SMILES string of the molecule is CCC1NNC(C(=O)N(CC(C)C)CC2CCN(Cc3ccccc3OC)CC2)C1C. The van der Waals surface area contributed by atoms with Gasteiger partial charge in [-0.05, 0) is 56.2 Å². The van der Waals surface area contributed by atoms with Gasteiger partial charge in [0, 0.05) is 31.2 Å². The first kappa shape index (κ1) is 24.0. The summed E-state index contributed by atoms with van der Waals surface area (Å²) in [5, 5.41) is 0. The van der Waals surface area contributed by atoms with Crippen LogP contribution >= 0.6 is 0 Å². The molecule has 2 saturated heterocycles. The molecule has 3 unspecified atom stereocenters. The Hall–Kier alpha value is -1.63. The maximum absolute atomic E-state index is 13.4. The first-order valence-electron chi connectivity index (χ1n) is 12.1. The van der Waals surface area contributed by atoms with Gasteiger partial charge in [-0.2, -0.15) is 0 Å². The van der Waals surface area contributed by atoms with E-state index in [1.165, 1.54) is 5.56 Å². The Morgan fingerprint density at radius 2 is 1.94 bits per heavy atom. The van der Waals surface area contributed by atoms with Crippen molar-refractivity contribution >= 4 is 5.91 Å². The fourth-order valence-electron chi connectivity index (χ4n) is 5.06. The Labute approximate surface area is 188 Å². The molecule has 0 bridgehead atoms. The van der Waals surface area contributed by atoms with Crippen molar-refractivity contribution in [1.29, 1.82) is 0 Å². The van der Waals surface area contributed by atoms with Crippen LogP contribution in [0.2, 0.25) is 0 Å². The van der Waals surface area contributed by atoms with E-state index in [0.29, 0.717) is 23.8 Å². The van der Waals surface area contributed by atoms with Gasteiger partial charge in [0.15, 0.2) is 0 Å². The highest BCUT2D eigenvalue weighted by Gasteiger charge is 2.38. The molecule has 2 aliphatic rings. The summed E-state index contributed by atoms with van der Waals surface area (Å²) in [5.41, 5.74) is 7.85. The van der Waals surface area contributed by atoms with Crippen LogP contribution in [0, 0.1) is 17.8 Å². The van der Waals surface area contributed by atoms with E-state index in [1.54, 1.807) is 7.11 Å². The van der Waals surface area contributed by atoms with E-state index in [0.717, 1.165) is 57.7 Å². The minimum absolute atomic E-state index is 0.116. The number of rotatable bonds is 9. The van der Waals surface area contributed by atoms with E-state index < -0.39 is 0 Å². The molecule has 6 nitrogen and oxygen atoms in total. The van der Waals surface area contributed by atoms with E-state index in [-0.39, 0.29) is 11.9 Å². The summed E-state index contributed by atoms with van der Waals surface area (Å²) in [6.07, 6.45) is 3.31. The standard InChI is InChI=1S/C25H42N4O2/c1-6-22-19(4)24(27-26-22)25(30)29(15-18(2)3)16-20-11-13-28(14-12-20)17-21-9-7-8-10-23(21)31-5/h7-10,18-20,22,24,26-27H,6,11-17H2,1-5H3. The molecule has 31 heavy (non-hydrogen) atoms. The quantitative estimate of drug-likeness (QED) is 0.630. The minimum Gasteiger partial charge on any atom is -0.496 e. The lowest BCUT2D eigenvalue weighted by Gasteiger charge is -2.36. The fourth-order valence-corrected chi connectivity index (χ4v) is 5.06. The number of carbonyl (C=O) groups is 1. The number of likely N-dealkylation sites (tertiary alicyclic amines) is 1. The Kier molecular flexibility index (Phi) is 8.76. The fraction of sp³-hybridized carbons (Fsp3) is 0.720. The zero-order valence-electron chi connectivity index (χ0n) is 20.1. The van der Waals surface area contributed by atoms with Crippen molar-refractivity contribution in [3.63, 3.8) is 0 Å². The van der Waals surface area contributed by atoms with Crippen molar-refractivity contribution in [2.75, 3.05) is 33.3 Å². The number of para-hydroxylation sites is 1. The summed E-state index contributed by atoms with van der Waals surface area (Å²) in [7, 11) is 1.74. The van der Waals surface area contributed by atoms with Crippen molar-refractivity contribution in [2.24, 2.45) is 17.8 Å². The van der Waals surface area contributed by atoms with E-state index in [9.17, 15) is 4.79 Å². The van der Waals surface area contributed by atoms with E-state index >= 15 is 0 Å². The monoisotopic (exact) mass is 430 g/mol. The van der Waals surface area contributed by atoms with E-state index in [2.05, 4.69) is 60.5 Å². The van der Waals surface area contributed by atoms with Gasteiger partial charge in [0.25, 0.3) is 0 Å². The lowest BCUT2D eigenvalue weighted by molar-refractivity contribution is -0.135. The molecule has 6 heteroatoms. The van der Waals surface area contributed by atoms with Crippen LogP contribution in [0.3, 0.4) is 0 Å². The lowest BCUT2D eigenvalue weighted by Crippen LogP contribution is -2.50. The molecular weight excluding hydrogens is 388 g/mol. The van der Waals surface area contributed by atoms with Gasteiger partial charge in [-0.25, -0.2) is 5.43 Å². The van der Waals surface area contributed by atoms with Crippen LogP contribution in [0.25, 0.3) is 0 Å².